The molecular formula is C21H31Cl2STi. The second kappa shape index (κ2) is 9.20. The summed E-state index contributed by atoms with van der Waals surface area (Å²) in [7, 11) is 0. The molecule has 0 saturated carbocycles. The number of thioether (sulfide) groups is 1. The van der Waals surface area contributed by atoms with E-state index in [1.165, 1.54) is 5.57 Å². The molecule has 0 amide bonds. The molecule has 0 aromatic carbocycles. The van der Waals surface area contributed by atoms with Crippen molar-refractivity contribution < 1.29 is 45.2 Å². The van der Waals surface area contributed by atoms with Gasteiger partial charge in [0.05, 0.1) is 0 Å². The van der Waals surface area contributed by atoms with Crippen LogP contribution in [0.1, 0.15) is 67.7 Å². The van der Waals surface area contributed by atoms with Crippen LogP contribution in [-0.4, -0.2) is 9.49 Å². The predicted octanol–water partition coefficient (Wildman–Crippen LogP) is 0.738. The van der Waals surface area contributed by atoms with Gasteiger partial charge in [0, 0.05) is 0 Å². The number of allylic oxidation sites excluding steroid dienone is 7. The molecule has 139 valence electrons. The molecule has 25 heavy (non-hydrogen) atoms. The minimum atomic E-state index is 0. The smallest absolute Gasteiger partial charge is 1.00 e. The molecule has 0 bridgehead atoms. The minimum Gasteiger partial charge on any atom is -1.00 e. The van der Waals surface area contributed by atoms with E-state index in [9.17, 15) is 0 Å². The van der Waals surface area contributed by atoms with Gasteiger partial charge in [-0.3, -0.25) is 0 Å². The van der Waals surface area contributed by atoms with E-state index in [4.69, 9.17) is 0 Å². The van der Waals surface area contributed by atoms with Gasteiger partial charge in [-0.05, 0) is 0 Å². The normalized spacial score (nSPS) is 23.7. The zero-order valence-corrected chi connectivity index (χ0v) is 20.5. The molecule has 1 atom stereocenters. The zero-order valence-electron chi connectivity index (χ0n) is 16.6. The summed E-state index contributed by atoms with van der Waals surface area (Å²) >= 11 is 4.47. The van der Waals surface area contributed by atoms with Crippen LogP contribution in [0.4, 0.5) is 0 Å². The fourth-order valence-corrected chi connectivity index (χ4v) is 6.16. The predicted molar refractivity (Wildman–Crippen MR) is 101 cm³/mol. The third-order valence-electron chi connectivity index (χ3n) is 4.43. The van der Waals surface area contributed by atoms with Gasteiger partial charge in [-0.2, -0.15) is 0 Å². The molecule has 0 saturated heterocycles. The number of hydrogen-bond acceptors (Lipinski definition) is 1. The van der Waals surface area contributed by atoms with Crippen molar-refractivity contribution in [1.82, 2.24) is 0 Å². The Balaban J connectivity index is 0.00000288. The maximum atomic E-state index is 2.47. The van der Waals surface area contributed by atoms with E-state index in [1.54, 1.807) is 15.0 Å². The van der Waals surface area contributed by atoms with E-state index < -0.39 is 0 Å². The molecule has 0 heterocycles. The van der Waals surface area contributed by atoms with Gasteiger partial charge in [-0.1, -0.05) is 0 Å². The van der Waals surface area contributed by atoms with Crippen LogP contribution in [-0.2, 0) is 20.4 Å². The van der Waals surface area contributed by atoms with Gasteiger partial charge in [0.2, 0.25) is 0 Å². The Morgan fingerprint density at radius 1 is 1.12 bits per heavy atom. The Kier molecular flexibility index (Phi) is 9.42. The Bertz CT molecular complexity index is 600. The number of rotatable bonds is 3. The summed E-state index contributed by atoms with van der Waals surface area (Å²) in [4.78, 5) is 0. The van der Waals surface area contributed by atoms with E-state index in [0.29, 0.717) is 0 Å². The van der Waals surface area contributed by atoms with Crippen LogP contribution < -0.4 is 24.8 Å². The van der Waals surface area contributed by atoms with Gasteiger partial charge in [-0.25, -0.2) is 0 Å². The van der Waals surface area contributed by atoms with Gasteiger partial charge in [0.25, 0.3) is 0 Å². The maximum Gasteiger partial charge on any atom is -1.00 e. The first-order chi connectivity index (χ1) is 10.4. The van der Waals surface area contributed by atoms with Crippen LogP contribution in [0.5, 0.6) is 0 Å². The van der Waals surface area contributed by atoms with E-state index >= 15 is 0 Å². The van der Waals surface area contributed by atoms with Gasteiger partial charge in [0.1, 0.15) is 0 Å². The first kappa shape index (κ1) is 25.6. The van der Waals surface area contributed by atoms with Crippen molar-refractivity contribution >= 4 is 11.8 Å². The van der Waals surface area contributed by atoms with Crippen LogP contribution in [0.2, 0.25) is 0 Å². The number of hydrogen-bond donors (Lipinski definition) is 0. The fourth-order valence-electron chi connectivity index (χ4n) is 3.66. The van der Waals surface area contributed by atoms with Crippen molar-refractivity contribution in [3.05, 3.63) is 44.9 Å². The van der Waals surface area contributed by atoms with Gasteiger partial charge in [-0.15, -0.1) is 0 Å². The largest absolute Gasteiger partial charge is 1.00 e. The topological polar surface area (TPSA) is 0 Å². The molecule has 0 N–H and O–H groups in total. The Labute approximate surface area is 183 Å². The molecule has 0 radical (unpaired) electrons. The van der Waals surface area contributed by atoms with Crippen LogP contribution >= 0.6 is 11.8 Å². The third-order valence-corrected chi connectivity index (χ3v) is 6.79. The molecule has 2 aliphatic carbocycles. The van der Waals surface area contributed by atoms with E-state index in [0.717, 1.165) is 19.3 Å². The zero-order chi connectivity index (χ0) is 17.5. The van der Waals surface area contributed by atoms with Crippen LogP contribution in [0, 0.1) is 5.41 Å². The van der Waals surface area contributed by atoms with Crippen LogP contribution in [0.3, 0.4) is 0 Å². The third kappa shape index (κ3) is 6.61. The summed E-state index contributed by atoms with van der Waals surface area (Å²) < 4.78 is 1.99. The fraction of sp³-hybridized carbons (Fsp3) is 0.619. The quantitative estimate of drug-likeness (QED) is 0.591. The molecule has 2 rings (SSSR count). The van der Waals surface area contributed by atoms with Crippen LogP contribution in [0.25, 0.3) is 0 Å². The van der Waals surface area contributed by atoms with Gasteiger partial charge in [0.15, 0.2) is 0 Å². The average molecular weight is 434 g/mol. The first-order valence-corrected chi connectivity index (χ1v) is 10.2. The minimum absolute atomic E-state index is 0. The van der Waals surface area contributed by atoms with Crippen molar-refractivity contribution in [3.8, 4) is 0 Å². The van der Waals surface area contributed by atoms with E-state index in [2.05, 4.69) is 105 Å². The molecular weight excluding hydrogens is 403 g/mol. The maximum absolute atomic E-state index is 2.47. The first-order valence-electron chi connectivity index (χ1n) is 8.63. The molecule has 0 nitrogen and oxygen atoms in total. The molecule has 0 fully saturated rings. The molecule has 0 spiro atoms. The summed E-state index contributed by atoms with van der Waals surface area (Å²) in [5.41, 5.74) is 4.80. The monoisotopic (exact) mass is 433 g/mol. The Morgan fingerprint density at radius 3 is 2.16 bits per heavy atom. The van der Waals surface area contributed by atoms with Crippen LogP contribution in [0.15, 0.2) is 44.9 Å². The molecule has 2 aliphatic rings. The molecule has 0 aromatic rings. The molecule has 0 aromatic heterocycles. The summed E-state index contributed by atoms with van der Waals surface area (Å²) in [6, 6.07) is 0. The van der Waals surface area contributed by atoms with Crippen molar-refractivity contribution in [1.29, 1.82) is 0 Å². The van der Waals surface area contributed by atoms with Gasteiger partial charge < -0.3 is 24.8 Å². The van der Waals surface area contributed by atoms with Crippen molar-refractivity contribution in [2.24, 2.45) is 5.41 Å². The van der Waals surface area contributed by atoms with E-state index in [1.807, 2.05) is 0 Å². The second-order valence-corrected chi connectivity index (χ2v) is 12.1. The SMILES string of the molecule is CC1=CCC(CC2=[C]([Ti+2])CC=C2)(SC(C)(C)C)C(C(C)(C)C)=C1.[Cl-].[Cl-]. The summed E-state index contributed by atoms with van der Waals surface area (Å²) in [5, 5.41) is 0. The summed E-state index contributed by atoms with van der Waals surface area (Å²) in [6.07, 6.45) is 13.0. The average Bonchev–Trinajstić information content (AvgIpc) is 2.75. The van der Waals surface area contributed by atoms with Gasteiger partial charge >= 0.3 is 160 Å². The second-order valence-electron chi connectivity index (χ2n) is 8.96. The Morgan fingerprint density at radius 2 is 1.72 bits per heavy atom. The summed E-state index contributed by atoms with van der Waals surface area (Å²) in [6.45, 7) is 16.4. The van der Waals surface area contributed by atoms with Crippen molar-refractivity contribution in [3.63, 3.8) is 0 Å². The number of halogens is 2. The van der Waals surface area contributed by atoms with Crippen molar-refractivity contribution in [2.45, 2.75) is 77.2 Å². The Hall–Kier alpha value is 0.604. The molecule has 1 unspecified atom stereocenters. The van der Waals surface area contributed by atoms with Crippen molar-refractivity contribution in [2.75, 3.05) is 0 Å². The van der Waals surface area contributed by atoms with E-state index in [-0.39, 0.29) is 39.7 Å². The standard InChI is InChI=1S/C21H31S.2ClH.Ti/c1-16-12-13-21(22-20(5,6)7,15-17-10-8-9-11-17)18(14-16)19(2,3)4;;;/h8,10,12,14H,9,13,15H2,1-7H3;2*1H;/q;;;+2/p-2. The molecule has 0 aliphatic heterocycles. The molecule has 4 heteroatoms. The summed E-state index contributed by atoms with van der Waals surface area (Å²) in [5.74, 6) is 0.